The van der Waals surface area contributed by atoms with E-state index in [0.717, 1.165) is 11.1 Å². The molecule has 1 atom stereocenters. The number of hydrogen-bond acceptors (Lipinski definition) is 4. The van der Waals surface area contributed by atoms with Gasteiger partial charge in [0.2, 0.25) is 5.91 Å². The lowest BCUT2D eigenvalue weighted by Gasteiger charge is -2.19. The number of benzene rings is 3. The Morgan fingerprint density at radius 2 is 1.47 bits per heavy atom. The lowest BCUT2D eigenvalue weighted by Crippen LogP contribution is -2.48. The Kier molecular flexibility index (Phi) is 8.95. The number of rotatable bonds is 10. The molecule has 7 heteroatoms. The van der Waals surface area contributed by atoms with Crippen LogP contribution in [-0.4, -0.2) is 31.2 Å². The predicted molar refractivity (Wildman–Crippen MR) is 124 cm³/mol. The van der Waals surface area contributed by atoms with Gasteiger partial charge in [-0.3, -0.25) is 4.79 Å². The Morgan fingerprint density at radius 3 is 2.12 bits per heavy atom. The zero-order valence-electron chi connectivity index (χ0n) is 17.5. The van der Waals surface area contributed by atoms with Crippen LogP contribution in [0.2, 0.25) is 5.02 Å². The summed E-state index contributed by atoms with van der Waals surface area (Å²) < 4.78 is 10.9. The Balaban J connectivity index is 1.51. The number of carbonyl (C=O) groups is 2. The third-order valence-corrected chi connectivity index (χ3v) is 4.84. The SMILES string of the molecule is O=C(N[C@H](Cc1ccccc1)C(=O)NCCOc1ccc(Cl)cc1)OCc1ccccc1. The Bertz CT molecular complexity index is 982. The zero-order chi connectivity index (χ0) is 22.6. The first kappa shape index (κ1) is 23.2. The van der Waals surface area contributed by atoms with Gasteiger partial charge in [-0.25, -0.2) is 4.79 Å². The van der Waals surface area contributed by atoms with Gasteiger partial charge in [0, 0.05) is 11.4 Å². The Morgan fingerprint density at radius 1 is 0.844 bits per heavy atom. The maximum Gasteiger partial charge on any atom is 0.408 e. The molecule has 0 bridgehead atoms. The van der Waals surface area contributed by atoms with Crippen LogP contribution in [0.5, 0.6) is 5.75 Å². The summed E-state index contributed by atoms with van der Waals surface area (Å²) in [5.74, 6) is 0.345. The van der Waals surface area contributed by atoms with Gasteiger partial charge in [0.05, 0.1) is 6.54 Å². The second-order valence-corrected chi connectivity index (χ2v) is 7.48. The van der Waals surface area contributed by atoms with Gasteiger partial charge in [-0.1, -0.05) is 72.3 Å². The molecule has 0 saturated carbocycles. The van der Waals surface area contributed by atoms with Gasteiger partial charge in [-0.15, -0.1) is 0 Å². The lowest BCUT2D eigenvalue weighted by atomic mass is 10.1. The number of amides is 2. The van der Waals surface area contributed by atoms with Crippen molar-refractivity contribution in [2.75, 3.05) is 13.2 Å². The van der Waals surface area contributed by atoms with Crippen LogP contribution in [0.4, 0.5) is 4.79 Å². The van der Waals surface area contributed by atoms with Gasteiger partial charge in [0.1, 0.15) is 25.0 Å². The van der Waals surface area contributed by atoms with Gasteiger partial charge < -0.3 is 20.1 Å². The van der Waals surface area contributed by atoms with Crippen molar-refractivity contribution in [3.8, 4) is 5.75 Å². The summed E-state index contributed by atoms with van der Waals surface area (Å²) in [6.07, 6.45) is -0.312. The molecule has 0 heterocycles. The molecule has 0 aliphatic rings. The highest BCUT2D eigenvalue weighted by Crippen LogP contribution is 2.15. The summed E-state index contributed by atoms with van der Waals surface area (Å²) in [5, 5.41) is 6.10. The fraction of sp³-hybridized carbons (Fsp3) is 0.200. The van der Waals surface area contributed by atoms with Gasteiger partial charge >= 0.3 is 6.09 Å². The summed E-state index contributed by atoms with van der Waals surface area (Å²) in [6, 6.07) is 25.0. The van der Waals surface area contributed by atoms with Gasteiger partial charge in [-0.2, -0.15) is 0 Å². The van der Waals surface area contributed by atoms with Crippen LogP contribution in [0, 0.1) is 0 Å². The molecule has 2 N–H and O–H groups in total. The predicted octanol–water partition coefficient (Wildman–Crippen LogP) is 4.37. The van der Waals surface area contributed by atoms with E-state index in [0.29, 0.717) is 17.2 Å². The first-order valence-electron chi connectivity index (χ1n) is 10.3. The van der Waals surface area contributed by atoms with Crippen molar-refractivity contribution in [2.24, 2.45) is 0 Å². The van der Waals surface area contributed by atoms with E-state index in [9.17, 15) is 9.59 Å². The topological polar surface area (TPSA) is 76.7 Å². The second-order valence-electron chi connectivity index (χ2n) is 7.04. The van der Waals surface area contributed by atoms with Gasteiger partial charge in [0.15, 0.2) is 0 Å². The molecule has 0 aliphatic heterocycles. The van der Waals surface area contributed by atoms with Gasteiger partial charge in [0.25, 0.3) is 0 Å². The van der Waals surface area contributed by atoms with Crippen LogP contribution in [0.25, 0.3) is 0 Å². The molecule has 0 aliphatic carbocycles. The smallest absolute Gasteiger partial charge is 0.408 e. The van der Waals surface area contributed by atoms with Crippen LogP contribution in [0.1, 0.15) is 11.1 Å². The zero-order valence-corrected chi connectivity index (χ0v) is 18.3. The number of carbonyl (C=O) groups excluding carboxylic acids is 2. The third-order valence-electron chi connectivity index (χ3n) is 4.59. The molecule has 0 unspecified atom stereocenters. The molecule has 2 amide bonds. The first-order valence-corrected chi connectivity index (χ1v) is 10.6. The summed E-state index contributed by atoms with van der Waals surface area (Å²) >= 11 is 5.86. The average Bonchev–Trinajstić information content (AvgIpc) is 2.82. The molecule has 3 rings (SSSR count). The van der Waals surface area contributed by atoms with Crippen molar-refractivity contribution in [1.82, 2.24) is 10.6 Å². The third kappa shape index (κ3) is 7.96. The van der Waals surface area contributed by atoms with Crippen molar-refractivity contribution in [3.63, 3.8) is 0 Å². The monoisotopic (exact) mass is 452 g/mol. The van der Waals surface area contributed by atoms with E-state index in [1.165, 1.54) is 0 Å². The summed E-state index contributed by atoms with van der Waals surface area (Å²) in [5.41, 5.74) is 1.79. The van der Waals surface area contributed by atoms with Crippen molar-refractivity contribution in [3.05, 3.63) is 101 Å². The molecular formula is C25H25ClN2O4. The minimum absolute atomic E-state index is 0.126. The molecule has 3 aromatic rings. The summed E-state index contributed by atoms with van der Waals surface area (Å²) in [7, 11) is 0. The molecule has 0 spiro atoms. The van der Waals surface area contributed by atoms with Crippen molar-refractivity contribution >= 4 is 23.6 Å². The van der Waals surface area contributed by atoms with E-state index >= 15 is 0 Å². The lowest BCUT2D eigenvalue weighted by molar-refractivity contribution is -0.123. The van der Waals surface area contributed by atoms with Crippen LogP contribution in [-0.2, 0) is 22.6 Å². The molecule has 0 fully saturated rings. The van der Waals surface area contributed by atoms with Crippen LogP contribution < -0.4 is 15.4 Å². The molecular weight excluding hydrogens is 428 g/mol. The number of alkyl carbamates (subject to hydrolysis) is 1. The fourth-order valence-electron chi connectivity index (χ4n) is 2.96. The Labute approximate surface area is 192 Å². The highest BCUT2D eigenvalue weighted by molar-refractivity contribution is 6.30. The minimum Gasteiger partial charge on any atom is -0.492 e. The number of ether oxygens (including phenoxy) is 2. The fourth-order valence-corrected chi connectivity index (χ4v) is 3.09. The largest absolute Gasteiger partial charge is 0.492 e. The van der Waals surface area contributed by atoms with E-state index in [1.807, 2.05) is 60.7 Å². The summed E-state index contributed by atoms with van der Waals surface area (Å²) in [4.78, 5) is 25.1. The van der Waals surface area contributed by atoms with Crippen LogP contribution >= 0.6 is 11.6 Å². The van der Waals surface area contributed by atoms with E-state index < -0.39 is 12.1 Å². The summed E-state index contributed by atoms with van der Waals surface area (Å²) in [6.45, 7) is 0.693. The Hall–Kier alpha value is -3.51. The number of nitrogens with one attached hydrogen (secondary N) is 2. The van der Waals surface area contributed by atoms with Crippen molar-refractivity contribution < 1.29 is 19.1 Å². The molecule has 6 nitrogen and oxygen atoms in total. The van der Waals surface area contributed by atoms with Crippen molar-refractivity contribution in [1.29, 1.82) is 0 Å². The standard InChI is InChI=1S/C25H25ClN2O4/c26-21-11-13-22(14-12-21)31-16-15-27-24(29)23(17-19-7-3-1-4-8-19)28-25(30)32-18-20-9-5-2-6-10-20/h1-14,23H,15-18H2,(H,27,29)(H,28,30)/t23-/m1/s1. The molecule has 0 aromatic heterocycles. The highest BCUT2D eigenvalue weighted by Gasteiger charge is 2.21. The molecule has 32 heavy (non-hydrogen) atoms. The van der Waals surface area contributed by atoms with E-state index in [2.05, 4.69) is 10.6 Å². The van der Waals surface area contributed by atoms with Crippen molar-refractivity contribution in [2.45, 2.75) is 19.1 Å². The van der Waals surface area contributed by atoms with E-state index in [1.54, 1.807) is 24.3 Å². The second kappa shape index (κ2) is 12.4. The maximum atomic E-state index is 12.8. The number of hydrogen-bond donors (Lipinski definition) is 2. The maximum absolute atomic E-state index is 12.8. The normalized spacial score (nSPS) is 11.3. The van der Waals surface area contributed by atoms with E-state index in [4.69, 9.17) is 21.1 Å². The van der Waals surface area contributed by atoms with Crippen LogP contribution in [0.15, 0.2) is 84.9 Å². The van der Waals surface area contributed by atoms with Crippen LogP contribution in [0.3, 0.4) is 0 Å². The average molecular weight is 453 g/mol. The molecule has 166 valence electrons. The van der Waals surface area contributed by atoms with E-state index in [-0.39, 0.29) is 25.7 Å². The quantitative estimate of drug-likeness (QED) is 0.448. The minimum atomic E-state index is -0.781. The first-order chi connectivity index (χ1) is 15.6. The molecule has 0 saturated heterocycles. The molecule has 0 radical (unpaired) electrons. The van der Waals surface area contributed by atoms with Gasteiger partial charge in [-0.05, 0) is 35.4 Å². The highest BCUT2D eigenvalue weighted by atomic mass is 35.5. The number of halogens is 1. The molecule has 3 aromatic carbocycles.